The number of nitrogens with two attached hydrogens (primary N) is 1. The van der Waals surface area contributed by atoms with Crippen LogP contribution >= 0.6 is 0 Å². The van der Waals surface area contributed by atoms with Crippen LogP contribution in [0.15, 0.2) is 36.5 Å². The van der Waals surface area contributed by atoms with E-state index in [0.717, 1.165) is 6.92 Å². The predicted molar refractivity (Wildman–Crippen MR) is 104 cm³/mol. The summed E-state index contributed by atoms with van der Waals surface area (Å²) in [6, 6.07) is 7.81. The Kier molecular flexibility index (Phi) is 6.43. The van der Waals surface area contributed by atoms with Gasteiger partial charge in [-0.15, -0.1) is 0 Å². The van der Waals surface area contributed by atoms with Crippen molar-refractivity contribution in [2.45, 2.75) is 39.3 Å². The summed E-state index contributed by atoms with van der Waals surface area (Å²) >= 11 is 0. The Labute approximate surface area is 161 Å². The lowest BCUT2D eigenvalue weighted by molar-refractivity contribution is -0.146. The van der Waals surface area contributed by atoms with E-state index in [-0.39, 0.29) is 34.3 Å². The molecule has 150 valence electrons. The van der Waals surface area contributed by atoms with Crippen LogP contribution in [0.3, 0.4) is 0 Å². The zero-order valence-electron chi connectivity index (χ0n) is 15.9. The number of alkyl halides is 3. The molecule has 0 saturated carbocycles. The van der Waals surface area contributed by atoms with Crippen molar-refractivity contribution >= 4 is 23.1 Å². The minimum Gasteiger partial charge on any atom is -0.398 e. The molecule has 2 aromatic rings. The maximum Gasteiger partial charge on any atom is 0.395 e. The third-order valence-corrected chi connectivity index (χ3v) is 4.72. The molecular formula is C20H23F3N4O. The summed E-state index contributed by atoms with van der Waals surface area (Å²) in [5.41, 5.74) is 6.10. The Hall–Kier alpha value is -2.90. The van der Waals surface area contributed by atoms with Crippen LogP contribution < -0.4 is 11.1 Å². The number of hydrogen-bond acceptors (Lipinski definition) is 4. The van der Waals surface area contributed by atoms with E-state index in [4.69, 9.17) is 11.1 Å². The van der Waals surface area contributed by atoms with E-state index in [1.807, 2.05) is 0 Å². The van der Waals surface area contributed by atoms with Crippen molar-refractivity contribution in [1.82, 2.24) is 4.98 Å². The number of anilines is 2. The molecule has 2 unspecified atom stereocenters. The summed E-state index contributed by atoms with van der Waals surface area (Å²) in [4.78, 5) is 16.2. The van der Waals surface area contributed by atoms with Crippen LogP contribution in [0.2, 0.25) is 0 Å². The van der Waals surface area contributed by atoms with Gasteiger partial charge in [-0.25, -0.2) is 4.98 Å². The quantitative estimate of drug-likeness (QED) is 0.490. The highest BCUT2D eigenvalue weighted by atomic mass is 19.4. The van der Waals surface area contributed by atoms with Gasteiger partial charge in [0.2, 0.25) is 5.91 Å². The minimum absolute atomic E-state index is 0.0252. The fraction of sp³-hybridized carbons (Fsp3) is 0.350. The van der Waals surface area contributed by atoms with Crippen molar-refractivity contribution in [2.75, 3.05) is 11.1 Å². The van der Waals surface area contributed by atoms with Crippen molar-refractivity contribution in [3.8, 4) is 0 Å². The molecule has 1 aromatic carbocycles. The van der Waals surface area contributed by atoms with E-state index in [1.165, 1.54) is 12.3 Å². The summed E-state index contributed by atoms with van der Waals surface area (Å²) in [5.74, 6) is -2.93. The molecule has 2 rings (SSSR count). The number of halogens is 3. The van der Waals surface area contributed by atoms with Gasteiger partial charge in [0.15, 0.2) is 0 Å². The average Bonchev–Trinajstić information content (AvgIpc) is 2.65. The van der Waals surface area contributed by atoms with Crippen LogP contribution in [0.4, 0.5) is 24.7 Å². The lowest BCUT2D eigenvalue weighted by Gasteiger charge is -2.23. The first kappa shape index (κ1) is 21.4. The molecule has 8 heteroatoms. The molecule has 0 radical (unpaired) electrons. The lowest BCUT2D eigenvalue weighted by atomic mass is 9.90. The molecule has 4 N–H and O–H groups in total. The van der Waals surface area contributed by atoms with Crippen LogP contribution in [0, 0.1) is 11.3 Å². The number of carbonyl (C=O) groups excluding carboxylic acids is 1. The Balaban J connectivity index is 2.62. The SMILES string of the molecule is CCC(C)C(=O)Nc1nccc(C(=N)c2ccccc2N)c1C(C)C(F)(F)F. The number of para-hydroxylation sites is 1. The molecule has 0 aliphatic rings. The molecular weight excluding hydrogens is 369 g/mol. The fourth-order valence-corrected chi connectivity index (χ4v) is 2.69. The number of benzene rings is 1. The smallest absolute Gasteiger partial charge is 0.395 e. The van der Waals surface area contributed by atoms with E-state index >= 15 is 0 Å². The Morgan fingerprint density at radius 2 is 1.86 bits per heavy atom. The monoisotopic (exact) mass is 392 g/mol. The molecule has 5 nitrogen and oxygen atoms in total. The number of carbonyl (C=O) groups is 1. The first-order valence-corrected chi connectivity index (χ1v) is 8.88. The summed E-state index contributed by atoms with van der Waals surface area (Å²) < 4.78 is 40.7. The number of hydrogen-bond donors (Lipinski definition) is 3. The van der Waals surface area contributed by atoms with Gasteiger partial charge < -0.3 is 11.1 Å². The van der Waals surface area contributed by atoms with Gasteiger partial charge in [-0.1, -0.05) is 32.0 Å². The normalized spacial score (nSPS) is 13.6. The second-order valence-electron chi connectivity index (χ2n) is 6.64. The predicted octanol–water partition coefficient (Wildman–Crippen LogP) is 4.73. The molecule has 1 amide bonds. The van der Waals surface area contributed by atoms with Crippen molar-refractivity contribution in [1.29, 1.82) is 5.41 Å². The van der Waals surface area contributed by atoms with Gasteiger partial charge in [-0.3, -0.25) is 10.2 Å². The first-order chi connectivity index (χ1) is 13.1. The Morgan fingerprint density at radius 1 is 1.21 bits per heavy atom. The first-order valence-electron chi connectivity index (χ1n) is 8.88. The number of rotatable bonds is 6. The molecule has 0 aliphatic carbocycles. The van der Waals surface area contributed by atoms with Crippen LogP contribution in [-0.4, -0.2) is 22.8 Å². The average molecular weight is 392 g/mol. The van der Waals surface area contributed by atoms with Gasteiger partial charge in [0.1, 0.15) is 5.82 Å². The molecule has 2 atom stereocenters. The molecule has 0 bridgehead atoms. The van der Waals surface area contributed by atoms with Crippen molar-refractivity contribution in [2.24, 2.45) is 5.92 Å². The molecule has 0 saturated heterocycles. The van der Waals surface area contributed by atoms with E-state index in [0.29, 0.717) is 12.0 Å². The minimum atomic E-state index is -4.57. The molecule has 0 spiro atoms. The number of nitrogen functional groups attached to an aromatic ring is 1. The van der Waals surface area contributed by atoms with E-state index in [2.05, 4.69) is 10.3 Å². The number of pyridine rings is 1. The van der Waals surface area contributed by atoms with E-state index in [1.54, 1.807) is 38.1 Å². The van der Waals surface area contributed by atoms with E-state index < -0.39 is 18.0 Å². The largest absolute Gasteiger partial charge is 0.398 e. The molecule has 1 aromatic heterocycles. The second-order valence-corrected chi connectivity index (χ2v) is 6.64. The third-order valence-electron chi connectivity index (χ3n) is 4.72. The van der Waals surface area contributed by atoms with Crippen LogP contribution in [0.1, 0.15) is 49.8 Å². The number of nitrogens with one attached hydrogen (secondary N) is 2. The lowest BCUT2D eigenvalue weighted by Crippen LogP contribution is -2.26. The van der Waals surface area contributed by atoms with Crippen LogP contribution in [0.5, 0.6) is 0 Å². The standard InChI is InChI=1S/C20H23F3N4O/c1-4-11(2)19(28)27-18-16(12(3)20(21,22)23)14(9-10-26-18)17(25)13-7-5-6-8-15(13)24/h5-12,25H,4,24H2,1-3H3,(H,26,27,28). The highest BCUT2D eigenvalue weighted by molar-refractivity contribution is 6.15. The van der Waals surface area contributed by atoms with E-state index in [9.17, 15) is 18.0 Å². The topological polar surface area (TPSA) is 91.9 Å². The Bertz CT molecular complexity index is 880. The van der Waals surface area contributed by atoms with Crippen molar-refractivity contribution in [3.05, 3.63) is 53.2 Å². The molecule has 0 aliphatic heterocycles. The van der Waals surface area contributed by atoms with Gasteiger partial charge >= 0.3 is 6.18 Å². The molecule has 1 heterocycles. The fourth-order valence-electron chi connectivity index (χ4n) is 2.69. The zero-order valence-corrected chi connectivity index (χ0v) is 15.9. The maximum atomic E-state index is 13.6. The van der Waals surface area contributed by atoms with Gasteiger partial charge in [0.05, 0.1) is 11.6 Å². The zero-order chi connectivity index (χ0) is 21.1. The van der Waals surface area contributed by atoms with Gasteiger partial charge in [-0.05, 0) is 25.5 Å². The van der Waals surface area contributed by atoms with Gasteiger partial charge in [0, 0.05) is 34.5 Å². The summed E-state index contributed by atoms with van der Waals surface area (Å²) in [6.45, 7) is 4.47. The second kappa shape index (κ2) is 8.41. The van der Waals surface area contributed by atoms with Crippen LogP contribution in [0.25, 0.3) is 0 Å². The van der Waals surface area contributed by atoms with Gasteiger partial charge in [0.25, 0.3) is 0 Å². The highest BCUT2D eigenvalue weighted by Gasteiger charge is 2.40. The van der Waals surface area contributed by atoms with Crippen molar-refractivity contribution < 1.29 is 18.0 Å². The van der Waals surface area contributed by atoms with Crippen LogP contribution in [-0.2, 0) is 4.79 Å². The summed E-state index contributed by atoms with van der Waals surface area (Å²) in [7, 11) is 0. The summed E-state index contributed by atoms with van der Waals surface area (Å²) in [5, 5.41) is 11.0. The number of aromatic nitrogens is 1. The number of amides is 1. The third kappa shape index (κ3) is 4.49. The highest BCUT2D eigenvalue weighted by Crippen LogP contribution is 2.40. The molecule has 28 heavy (non-hydrogen) atoms. The van der Waals surface area contributed by atoms with Gasteiger partial charge in [-0.2, -0.15) is 13.2 Å². The number of nitrogens with zero attached hydrogens (tertiary/aromatic N) is 1. The van der Waals surface area contributed by atoms with Crippen molar-refractivity contribution in [3.63, 3.8) is 0 Å². The maximum absolute atomic E-state index is 13.6. The Morgan fingerprint density at radius 3 is 2.43 bits per heavy atom. The molecule has 0 fully saturated rings. The summed E-state index contributed by atoms with van der Waals surface area (Å²) in [6.07, 6.45) is -2.76.